The number of aromatic nitrogens is 9. The summed E-state index contributed by atoms with van der Waals surface area (Å²) < 4.78 is 0. The standard InChI is InChI=1S/C21H24N4.C20H20N4O2.C8H11N.C7H7NO2.C6H8N2.C3Cl3N3/c1-5-17-10-7-11-18(12-17)13-19-22-16(4)23-21(24-19)25-20-14(2)8-6-9-15(20)3;1-3-14-6-4-7-15(10-14)11-18-21-13(2)22-20(24-18)23-17-9-5-8-16(12-17)19(25)26;1-6-4-3-5-7(2)8(6)9;8-6-3-1-2-5(4-6)7(9)10;7-5-2-1-3-6(8)4-5;4-1-7-2(5)9-3(6)8-1/h6-12H,5,13H2,1-4H3,(H,22,23,24,25);4-10,12H,3,11H2,1-2H3,(H,25,26)(H,21,22,23,24);3-5H,9H2,1-2H3;1-4H,8H2,(H,9,10);1-4H,7-8H2;. The Morgan fingerprint density at radius 1 is 0.414 bits per heavy atom. The lowest BCUT2D eigenvalue weighted by molar-refractivity contribution is 0.0686. The van der Waals surface area contributed by atoms with Gasteiger partial charge >= 0.3 is 11.9 Å². The fourth-order valence-electron chi connectivity index (χ4n) is 7.97. The lowest BCUT2D eigenvalue weighted by Crippen LogP contribution is -2.07. The second kappa shape index (κ2) is 34.2. The molecule has 450 valence electrons. The molecule has 10 aromatic rings. The van der Waals surface area contributed by atoms with E-state index in [1.54, 1.807) is 48.5 Å². The van der Waals surface area contributed by atoms with Crippen LogP contribution >= 0.6 is 34.8 Å². The first-order valence-corrected chi connectivity index (χ1v) is 28.4. The molecule has 0 saturated heterocycles. The van der Waals surface area contributed by atoms with E-state index in [1.165, 1.54) is 46.0 Å². The summed E-state index contributed by atoms with van der Waals surface area (Å²) in [5.41, 5.74) is 36.3. The average molecular weight is 1230 g/mol. The predicted molar refractivity (Wildman–Crippen MR) is 351 cm³/mol. The largest absolute Gasteiger partial charge is 0.478 e. The molecule has 7 aromatic carbocycles. The number of anilines is 8. The third-order valence-corrected chi connectivity index (χ3v) is 12.8. The zero-order valence-corrected chi connectivity index (χ0v) is 51.8. The summed E-state index contributed by atoms with van der Waals surface area (Å²) in [5.74, 6) is 1.87. The smallest absolute Gasteiger partial charge is 0.335 e. The minimum Gasteiger partial charge on any atom is -0.478 e. The molecule has 0 radical (unpaired) electrons. The molecule has 0 bridgehead atoms. The number of nitrogens with two attached hydrogens (primary N) is 4. The molecule has 0 amide bonds. The van der Waals surface area contributed by atoms with Gasteiger partial charge in [0.2, 0.25) is 27.7 Å². The zero-order chi connectivity index (χ0) is 63.6. The Bertz CT molecular complexity index is 3800. The molecule has 10 rings (SSSR count). The van der Waals surface area contributed by atoms with Gasteiger partial charge in [0.15, 0.2) is 0 Å². The number of hydrogen-bond acceptors (Lipinski definition) is 17. The topological polar surface area (TPSA) is 319 Å². The lowest BCUT2D eigenvalue weighted by atomic mass is 10.1. The zero-order valence-electron chi connectivity index (χ0n) is 49.5. The highest BCUT2D eigenvalue weighted by atomic mass is 35.5. The molecule has 0 aliphatic heterocycles. The van der Waals surface area contributed by atoms with Crippen molar-refractivity contribution in [2.75, 3.05) is 33.6 Å². The van der Waals surface area contributed by atoms with Gasteiger partial charge in [-0.3, -0.25) is 0 Å². The third-order valence-electron chi connectivity index (χ3n) is 12.3. The first kappa shape index (κ1) is 68.0. The molecule has 0 atom stereocenters. The van der Waals surface area contributed by atoms with E-state index in [2.05, 4.69) is 144 Å². The summed E-state index contributed by atoms with van der Waals surface area (Å²) >= 11 is 16.0. The summed E-state index contributed by atoms with van der Waals surface area (Å²) in [4.78, 5) is 58.6. The molecule has 0 aliphatic rings. The number of carboxylic acids is 2. The molecule has 12 N–H and O–H groups in total. The van der Waals surface area contributed by atoms with E-state index >= 15 is 0 Å². The van der Waals surface area contributed by atoms with E-state index in [0.717, 1.165) is 52.6 Å². The van der Waals surface area contributed by atoms with Crippen LogP contribution in [0.4, 0.5) is 46.0 Å². The summed E-state index contributed by atoms with van der Waals surface area (Å²) in [6.45, 7) is 16.2. The molecule has 22 heteroatoms. The van der Waals surface area contributed by atoms with Gasteiger partial charge in [-0.15, -0.1) is 0 Å². The van der Waals surface area contributed by atoms with Crippen LogP contribution < -0.4 is 33.6 Å². The van der Waals surface area contributed by atoms with E-state index in [9.17, 15) is 9.59 Å². The number of aromatic carboxylic acids is 2. The van der Waals surface area contributed by atoms with Crippen molar-refractivity contribution in [1.82, 2.24) is 44.9 Å². The number of nitrogens with zero attached hydrogens (tertiary/aromatic N) is 9. The van der Waals surface area contributed by atoms with E-state index < -0.39 is 11.9 Å². The Labute approximate surface area is 521 Å². The van der Waals surface area contributed by atoms with Crippen molar-refractivity contribution in [3.8, 4) is 0 Å². The van der Waals surface area contributed by atoms with Crippen molar-refractivity contribution in [3.63, 3.8) is 0 Å². The molecule has 19 nitrogen and oxygen atoms in total. The highest BCUT2D eigenvalue weighted by molar-refractivity contribution is 6.33. The second-order valence-electron chi connectivity index (χ2n) is 19.4. The maximum absolute atomic E-state index is 11.1. The van der Waals surface area contributed by atoms with Crippen LogP contribution in [0.1, 0.15) is 102 Å². The fourth-order valence-corrected chi connectivity index (χ4v) is 8.58. The van der Waals surface area contributed by atoms with Crippen LogP contribution in [0.5, 0.6) is 0 Å². The van der Waals surface area contributed by atoms with Crippen molar-refractivity contribution in [3.05, 3.63) is 253 Å². The molecule has 0 fully saturated rings. The summed E-state index contributed by atoms with van der Waals surface area (Å²) in [6.07, 6.45) is 3.33. The van der Waals surface area contributed by atoms with Gasteiger partial charge in [0.1, 0.15) is 23.3 Å². The normalized spacial score (nSPS) is 10.1. The van der Waals surface area contributed by atoms with Gasteiger partial charge in [-0.2, -0.15) is 34.9 Å². The van der Waals surface area contributed by atoms with Gasteiger partial charge in [0.25, 0.3) is 0 Å². The summed E-state index contributed by atoms with van der Waals surface area (Å²) in [6, 6.07) is 49.1. The Balaban J connectivity index is 0.000000206. The molecular weight excluding hydrogens is 1160 g/mol. The average Bonchev–Trinajstić information content (AvgIpc) is 3.64. The molecule has 3 aromatic heterocycles. The van der Waals surface area contributed by atoms with Crippen LogP contribution in [0, 0.1) is 41.5 Å². The van der Waals surface area contributed by atoms with Gasteiger partial charge in [-0.1, -0.05) is 117 Å². The van der Waals surface area contributed by atoms with E-state index in [0.29, 0.717) is 59.1 Å². The Kier molecular flexibility index (Phi) is 26.7. The highest BCUT2D eigenvalue weighted by Crippen LogP contribution is 2.24. The Morgan fingerprint density at radius 2 is 0.782 bits per heavy atom. The van der Waals surface area contributed by atoms with E-state index in [4.69, 9.17) is 68.0 Å². The van der Waals surface area contributed by atoms with E-state index in [1.807, 2.05) is 58.0 Å². The maximum Gasteiger partial charge on any atom is 0.335 e. The number of aryl methyl sites for hydroxylation is 8. The van der Waals surface area contributed by atoms with Crippen LogP contribution in [0.2, 0.25) is 15.9 Å². The number of nitrogens with one attached hydrogen (secondary N) is 2. The summed E-state index contributed by atoms with van der Waals surface area (Å²) in [7, 11) is 0. The molecule has 3 heterocycles. The minimum atomic E-state index is -0.975. The molecule has 0 aliphatic carbocycles. The Morgan fingerprint density at radius 3 is 1.17 bits per heavy atom. The fraction of sp³-hybridized carbons (Fsp3) is 0.185. The minimum absolute atomic E-state index is 0.000000000000000444. The van der Waals surface area contributed by atoms with Gasteiger partial charge in [0.05, 0.1) is 11.1 Å². The monoisotopic (exact) mass is 1230 g/mol. The SMILES string of the molecule is CCc1cccc(Cc2nc(C)nc(Nc3c(C)cccc3C)n2)c1.CCc1cccc(Cc2nc(C)nc(Nc3cccc(C(=O)O)c3)n2)c1.Cc1cccc(C)c1N.Clc1nc(Cl)nc(Cl)n1.Nc1cccc(C(=O)O)c1.Nc1cccc(N)c1. The van der Waals surface area contributed by atoms with Crippen LogP contribution in [0.3, 0.4) is 0 Å². The summed E-state index contributed by atoms with van der Waals surface area (Å²) in [5, 5.41) is 24.0. The number of halogens is 3. The van der Waals surface area contributed by atoms with Crippen molar-refractivity contribution in [1.29, 1.82) is 0 Å². The number of para-hydroxylation sites is 2. The number of hydrogen-bond donors (Lipinski definition) is 8. The van der Waals surface area contributed by atoms with Crippen LogP contribution in [0.25, 0.3) is 0 Å². The van der Waals surface area contributed by atoms with Crippen molar-refractivity contribution in [2.45, 2.75) is 81.1 Å². The van der Waals surface area contributed by atoms with Crippen LogP contribution in [0.15, 0.2) is 158 Å². The second-order valence-corrected chi connectivity index (χ2v) is 20.4. The van der Waals surface area contributed by atoms with Gasteiger partial charge < -0.3 is 43.8 Å². The molecule has 0 saturated carbocycles. The van der Waals surface area contributed by atoms with Crippen LogP contribution in [-0.2, 0) is 25.7 Å². The van der Waals surface area contributed by atoms with Gasteiger partial charge in [0, 0.05) is 47.0 Å². The number of rotatable bonds is 12. The predicted octanol–water partition coefficient (Wildman–Crippen LogP) is 14.0. The van der Waals surface area contributed by atoms with Crippen molar-refractivity contribution < 1.29 is 19.8 Å². The van der Waals surface area contributed by atoms with E-state index in [-0.39, 0.29) is 27.0 Å². The van der Waals surface area contributed by atoms with Gasteiger partial charge in [-0.05, 0) is 188 Å². The van der Waals surface area contributed by atoms with Crippen molar-refractivity contribution in [2.24, 2.45) is 0 Å². The quantitative estimate of drug-likeness (QED) is 0.0527. The number of nitrogen functional groups attached to an aromatic ring is 4. The molecule has 87 heavy (non-hydrogen) atoms. The van der Waals surface area contributed by atoms with Crippen LogP contribution in [-0.4, -0.2) is 67.0 Å². The van der Waals surface area contributed by atoms with Gasteiger partial charge in [-0.25, -0.2) is 19.6 Å². The number of carbonyl (C=O) groups is 2. The lowest BCUT2D eigenvalue weighted by Gasteiger charge is -2.12. The molecule has 0 unspecified atom stereocenters. The number of benzene rings is 7. The third kappa shape index (κ3) is 24.0. The first-order valence-electron chi connectivity index (χ1n) is 27.2. The molecule has 0 spiro atoms. The first-order chi connectivity index (χ1) is 41.5. The Hall–Kier alpha value is -9.82. The number of carboxylic acid groups (broad SMARTS) is 2. The van der Waals surface area contributed by atoms with Crippen molar-refractivity contribution >= 4 is 92.8 Å². The maximum atomic E-state index is 11.1. The highest BCUT2D eigenvalue weighted by Gasteiger charge is 2.11. The molecular formula is C65H70Cl3N15O4.